The van der Waals surface area contributed by atoms with Crippen molar-refractivity contribution in [1.82, 2.24) is 15.5 Å². The van der Waals surface area contributed by atoms with Gasteiger partial charge in [0.15, 0.2) is 0 Å². The first-order chi connectivity index (χ1) is 15.9. The zero-order valence-electron chi connectivity index (χ0n) is 19.4. The van der Waals surface area contributed by atoms with Gasteiger partial charge in [0.25, 0.3) is 0 Å². The average Bonchev–Trinajstić information content (AvgIpc) is 2.84. The van der Waals surface area contributed by atoms with Crippen LogP contribution in [0.3, 0.4) is 0 Å². The minimum atomic E-state index is -0.643. The summed E-state index contributed by atoms with van der Waals surface area (Å²) in [4.78, 5) is 27.6. The Morgan fingerprint density at radius 1 is 1.06 bits per heavy atom. The van der Waals surface area contributed by atoms with Crippen molar-refractivity contribution < 1.29 is 18.7 Å². The van der Waals surface area contributed by atoms with E-state index in [2.05, 4.69) is 15.5 Å². The van der Waals surface area contributed by atoms with E-state index in [1.54, 1.807) is 0 Å². The number of piperidine rings is 1. The molecule has 6 nitrogen and oxygen atoms in total. The summed E-state index contributed by atoms with van der Waals surface area (Å²) in [6.07, 6.45) is 1.83. The molecular weight excluding hydrogens is 421 g/mol. The highest BCUT2D eigenvalue weighted by molar-refractivity contribution is 5.86. The highest BCUT2D eigenvalue weighted by atomic mass is 19.1. The van der Waals surface area contributed by atoms with Crippen molar-refractivity contribution in [2.24, 2.45) is 5.92 Å². The number of amides is 2. The molecule has 1 heterocycles. The molecule has 2 N–H and O–H groups in total. The number of benzene rings is 2. The fourth-order valence-electron chi connectivity index (χ4n) is 3.97. The molecule has 0 saturated carbocycles. The second-order valence-corrected chi connectivity index (χ2v) is 8.75. The molecule has 2 amide bonds. The number of hydrogen-bond acceptors (Lipinski definition) is 4. The first kappa shape index (κ1) is 24.7. The molecule has 0 aromatic heterocycles. The number of rotatable bonds is 9. The lowest BCUT2D eigenvalue weighted by atomic mass is 9.97. The number of carbonyl (C=O) groups excluding carboxylic acids is 2. The third-order valence-corrected chi connectivity index (χ3v) is 6.23. The van der Waals surface area contributed by atoms with Gasteiger partial charge in [0.1, 0.15) is 18.5 Å². The van der Waals surface area contributed by atoms with Crippen LogP contribution in [0.4, 0.5) is 9.18 Å². The summed E-state index contributed by atoms with van der Waals surface area (Å²) < 4.78 is 18.4. The molecule has 2 atom stereocenters. The van der Waals surface area contributed by atoms with Crippen molar-refractivity contribution in [3.05, 3.63) is 71.5 Å². The van der Waals surface area contributed by atoms with E-state index in [9.17, 15) is 14.0 Å². The van der Waals surface area contributed by atoms with Gasteiger partial charge in [-0.05, 0) is 42.0 Å². The molecule has 1 saturated heterocycles. The summed E-state index contributed by atoms with van der Waals surface area (Å²) in [7, 11) is 0. The van der Waals surface area contributed by atoms with Crippen LogP contribution >= 0.6 is 0 Å². The summed E-state index contributed by atoms with van der Waals surface area (Å²) in [6, 6.07) is 15.4. The lowest BCUT2D eigenvalue weighted by molar-refractivity contribution is -0.125. The van der Waals surface area contributed by atoms with Gasteiger partial charge < -0.3 is 15.4 Å². The van der Waals surface area contributed by atoms with Gasteiger partial charge in [0, 0.05) is 25.7 Å². The predicted octanol–water partition coefficient (Wildman–Crippen LogP) is 4.25. The van der Waals surface area contributed by atoms with Gasteiger partial charge in [-0.3, -0.25) is 9.69 Å². The normalized spacial score (nSPS) is 16.6. The van der Waals surface area contributed by atoms with E-state index in [0.717, 1.165) is 50.0 Å². The molecule has 0 unspecified atom stereocenters. The van der Waals surface area contributed by atoms with Crippen LogP contribution in [0.5, 0.6) is 0 Å². The zero-order valence-corrected chi connectivity index (χ0v) is 19.4. The summed E-state index contributed by atoms with van der Waals surface area (Å²) >= 11 is 0. The van der Waals surface area contributed by atoms with E-state index in [-0.39, 0.29) is 30.3 Å². The predicted molar refractivity (Wildman–Crippen MR) is 126 cm³/mol. The van der Waals surface area contributed by atoms with Gasteiger partial charge in [0.2, 0.25) is 5.91 Å². The minimum absolute atomic E-state index is 0.0205. The number of halogens is 1. The SMILES string of the molecule is CC[C@H](C)[C@H](NC(=O)OCc1ccccc1)C(=O)NC1CCN(Cc2ccc(F)cc2)CC1. The molecule has 2 aromatic carbocycles. The minimum Gasteiger partial charge on any atom is -0.445 e. The van der Waals surface area contributed by atoms with E-state index >= 15 is 0 Å². The van der Waals surface area contributed by atoms with Crippen molar-refractivity contribution >= 4 is 12.0 Å². The van der Waals surface area contributed by atoms with Crippen molar-refractivity contribution in [2.75, 3.05) is 13.1 Å². The van der Waals surface area contributed by atoms with Crippen molar-refractivity contribution in [2.45, 2.75) is 58.3 Å². The number of carbonyl (C=O) groups is 2. The van der Waals surface area contributed by atoms with Crippen LogP contribution in [-0.2, 0) is 22.7 Å². The lowest BCUT2D eigenvalue weighted by Gasteiger charge is -2.33. The number of ether oxygens (including phenoxy) is 1. The molecule has 0 radical (unpaired) electrons. The first-order valence-electron chi connectivity index (χ1n) is 11.7. The molecule has 3 rings (SSSR count). The quantitative estimate of drug-likeness (QED) is 0.593. The number of alkyl carbamates (subject to hydrolysis) is 1. The Bertz CT molecular complexity index is 883. The monoisotopic (exact) mass is 455 g/mol. The second kappa shape index (κ2) is 12.3. The maximum atomic E-state index is 13.1. The third kappa shape index (κ3) is 7.86. The molecule has 33 heavy (non-hydrogen) atoms. The van der Waals surface area contributed by atoms with Crippen LogP contribution in [0.15, 0.2) is 54.6 Å². The average molecular weight is 456 g/mol. The number of nitrogens with zero attached hydrogens (tertiary/aromatic N) is 1. The Hall–Kier alpha value is -2.93. The Labute approximate surface area is 195 Å². The smallest absolute Gasteiger partial charge is 0.408 e. The first-order valence-corrected chi connectivity index (χ1v) is 11.7. The maximum Gasteiger partial charge on any atom is 0.408 e. The number of nitrogens with one attached hydrogen (secondary N) is 2. The van der Waals surface area contributed by atoms with E-state index in [0.29, 0.717) is 0 Å². The second-order valence-electron chi connectivity index (χ2n) is 8.75. The largest absolute Gasteiger partial charge is 0.445 e. The van der Waals surface area contributed by atoms with E-state index in [1.807, 2.05) is 56.3 Å². The molecule has 1 aliphatic rings. The zero-order chi connectivity index (χ0) is 23.6. The Morgan fingerprint density at radius 3 is 2.36 bits per heavy atom. The summed E-state index contributed by atoms with van der Waals surface area (Å²) in [5.41, 5.74) is 1.97. The standard InChI is InChI=1S/C26H34FN3O3/c1-3-19(2)24(29-26(32)33-18-21-7-5-4-6-8-21)25(31)28-23-13-15-30(16-14-23)17-20-9-11-22(27)12-10-20/h4-12,19,23-24H,3,13-18H2,1-2H3,(H,28,31)(H,29,32)/t19-,24-/m0/s1. The Morgan fingerprint density at radius 2 is 1.73 bits per heavy atom. The van der Waals surface area contributed by atoms with E-state index in [1.165, 1.54) is 12.1 Å². The van der Waals surface area contributed by atoms with Gasteiger partial charge >= 0.3 is 6.09 Å². The molecule has 0 aliphatic carbocycles. The third-order valence-electron chi connectivity index (χ3n) is 6.23. The van der Waals surface area contributed by atoms with Gasteiger partial charge in [-0.25, -0.2) is 9.18 Å². The van der Waals surface area contributed by atoms with Crippen molar-refractivity contribution in [1.29, 1.82) is 0 Å². The summed E-state index contributed by atoms with van der Waals surface area (Å²) in [5.74, 6) is -0.417. The van der Waals surface area contributed by atoms with Gasteiger partial charge in [0.05, 0.1) is 0 Å². The van der Waals surface area contributed by atoms with Gasteiger partial charge in [-0.1, -0.05) is 62.7 Å². The highest BCUT2D eigenvalue weighted by Gasteiger charge is 2.29. The van der Waals surface area contributed by atoms with Gasteiger partial charge in [-0.2, -0.15) is 0 Å². The molecule has 178 valence electrons. The molecular formula is C26H34FN3O3. The lowest BCUT2D eigenvalue weighted by Crippen LogP contribution is -2.54. The number of likely N-dealkylation sites (tertiary alicyclic amines) is 1. The molecule has 1 aliphatic heterocycles. The van der Waals surface area contributed by atoms with Crippen LogP contribution in [0, 0.1) is 11.7 Å². The van der Waals surface area contributed by atoms with Crippen LogP contribution in [0.1, 0.15) is 44.2 Å². The highest BCUT2D eigenvalue weighted by Crippen LogP contribution is 2.16. The summed E-state index contributed by atoms with van der Waals surface area (Å²) in [6.45, 7) is 6.58. The van der Waals surface area contributed by atoms with Crippen LogP contribution in [-0.4, -0.2) is 42.1 Å². The molecule has 1 fully saturated rings. The van der Waals surface area contributed by atoms with Crippen LogP contribution in [0.25, 0.3) is 0 Å². The molecule has 7 heteroatoms. The molecule has 2 aromatic rings. The Balaban J connectivity index is 1.46. The van der Waals surface area contributed by atoms with E-state index in [4.69, 9.17) is 4.74 Å². The van der Waals surface area contributed by atoms with Crippen LogP contribution < -0.4 is 10.6 Å². The fraction of sp³-hybridized carbons (Fsp3) is 0.462. The number of hydrogen-bond donors (Lipinski definition) is 2. The maximum absolute atomic E-state index is 13.1. The van der Waals surface area contributed by atoms with Crippen LogP contribution in [0.2, 0.25) is 0 Å². The van der Waals surface area contributed by atoms with Crippen molar-refractivity contribution in [3.8, 4) is 0 Å². The fourth-order valence-corrected chi connectivity index (χ4v) is 3.97. The molecule has 0 bridgehead atoms. The van der Waals surface area contributed by atoms with Gasteiger partial charge in [-0.15, -0.1) is 0 Å². The van der Waals surface area contributed by atoms with E-state index < -0.39 is 12.1 Å². The Kier molecular flexibility index (Phi) is 9.24. The van der Waals surface area contributed by atoms with Crippen molar-refractivity contribution in [3.63, 3.8) is 0 Å². The topological polar surface area (TPSA) is 70.7 Å². The summed E-state index contributed by atoms with van der Waals surface area (Å²) in [5, 5.41) is 5.88. The molecule has 0 spiro atoms.